The first-order valence-corrected chi connectivity index (χ1v) is 12.0. The lowest BCUT2D eigenvalue weighted by Crippen LogP contribution is -2.37. The third-order valence-corrected chi connectivity index (χ3v) is 7.15. The molecule has 1 aromatic heterocycles. The maximum absolute atomic E-state index is 15.0. The molecule has 3 aliphatic heterocycles. The van der Waals surface area contributed by atoms with E-state index >= 15 is 0 Å². The van der Waals surface area contributed by atoms with Gasteiger partial charge in [0.15, 0.2) is 0 Å². The van der Waals surface area contributed by atoms with E-state index in [4.69, 9.17) is 14.7 Å². The molecule has 3 aliphatic rings. The first kappa shape index (κ1) is 21.6. The third-order valence-electron chi connectivity index (χ3n) is 7.15. The summed E-state index contributed by atoms with van der Waals surface area (Å²) in [5.74, 6) is 1.89. The summed E-state index contributed by atoms with van der Waals surface area (Å²) >= 11 is 0. The molecule has 1 aromatic carbocycles. The Morgan fingerprint density at radius 3 is 2.72 bits per heavy atom. The molecule has 0 N–H and O–H groups in total. The Kier molecular flexibility index (Phi) is 6.28. The summed E-state index contributed by atoms with van der Waals surface area (Å²) in [5, 5.41) is 0. The summed E-state index contributed by atoms with van der Waals surface area (Å²) in [6, 6.07) is 5.91. The zero-order chi connectivity index (χ0) is 22.1. The van der Waals surface area contributed by atoms with E-state index in [2.05, 4.69) is 34.7 Å². The minimum absolute atomic E-state index is 0.138. The second-order valence-electron chi connectivity index (χ2n) is 9.36. The van der Waals surface area contributed by atoms with Gasteiger partial charge in [-0.15, -0.1) is 0 Å². The Morgan fingerprint density at radius 1 is 1.06 bits per heavy atom. The fraction of sp³-hybridized carbons (Fsp3) is 0.600. The lowest BCUT2D eigenvalue weighted by atomic mass is 9.99. The highest BCUT2D eigenvalue weighted by Crippen LogP contribution is 2.34. The van der Waals surface area contributed by atoms with Crippen molar-refractivity contribution in [2.75, 3.05) is 56.2 Å². The Hall–Kier alpha value is -2.25. The number of ether oxygens (including phenoxy) is 1. The van der Waals surface area contributed by atoms with E-state index in [0.29, 0.717) is 18.9 Å². The number of aromatic nitrogens is 2. The second-order valence-corrected chi connectivity index (χ2v) is 9.36. The van der Waals surface area contributed by atoms with Crippen molar-refractivity contribution >= 4 is 11.5 Å². The lowest BCUT2D eigenvalue weighted by Gasteiger charge is -2.36. The number of halogens is 1. The van der Waals surface area contributed by atoms with Gasteiger partial charge >= 0.3 is 0 Å². The number of aryl methyl sites for hydroxylation is 1. The Morgan fingerprint density at radius 2 is 1.91 bits per heavy atom. The van der Waals surface area contributed by atoms with E-state index in [0.717, 1.165) is 81.3 Å². The van der Waals surface area contributed by atoms with Gasteiger partial charge in [0.05, 0.1) is 24.9 Å². The SMILES string of the molecule is Cc1nc([C@H]2CCCCN2Cc2ccc(N3CCOCC3)c(F)c2)nc2c1CCCN2C. The van der Waals surface area contributed by atoms with Gasteiger partial charge in [0.1, 0.15) is 17.5 Å². The number of fused-ring (bicyclic) bond motifs is 1. The van der Waals surface area contributed by atoms with Gasteiger partial charge in [-0.05, 0) is 56.8 Å². The van der Waals surface area contributed by atoms with Crippen LogP contribution in [0.3, 0.4) is 0 Å². The van der Waals surface area contributed by atoms with E-state index in [-0.39, 0.29) is 11.9 Å². The maximum atomic E-state index is 15.0. The predicted molar refractivity (Wildman–Crippen MR) is 125 cm³/mol. The minimum atomic E-state index is -0.138. The molecule has 5 rings (SSSR count). The van der Waals surface area contributed by atoms with Crippen LogP contribution in [-0.2, 0) is 17.7 Å². The van der Waals surface area contributed by atoms with Gasteiger partial charge < -0.3 is 14.5 Å². The topological polar surface area (TPSA) is 44.7 Å². The van der Waals surface area contributed by atoms with Crippen molar-refractivity contribution in [3.63, 3.8) is 0 Å². The molecule has 0 saturated carbocycles. The van der Waals surface area contributed by atoms with E-state index in [1.807, 2.05) is 6.07 Å². The molecule has 4 heterocycles. The highest BCUT2D eigenvalue weighted by Gasteiger charge is 2.29. The van der Waals surface area contributed by atoms with Crippen LogP contribution in [-0.4, -0.2) is 61.3 Å². The molecule has 0 radical (unpaired) electrons. The summed E-state index contributed by atoms with van der Waals surface area (Å²) in [5.41, 5.74) is 4.11. The van der Waals surface area contributed by atoms with Crippen LogP contribution in [0.2, 0.25) is 0 Å². The molecule has 0 bridgehead atoms. The van der Waals surface area contributed by atoms with E-state index < -0.39 is 0 Å². The maximum Gasteiger partial charge on any atom is 0.148 e. The largest absolute Gasteiger partial charge is 0.378 e. The molecule has 1 atom stereocenters. The van der Waals surface area contributed by atoms with Crippen molar-refractivity contribution < 1.29 is 9.13 Å². The summed E-state index contributed by atoms with van der Waals surface area (Å²) in [7, 11) is 2.13. The van der Waals surface area contributed by atoms with Crippen molar-refractivity contribution in [3.05, 3.63) is 46.7 Å². The molecule has 7 heteroatoms. The van der Waals surface area contributed by atoms with Crippen LogP contribution < -0.4 is 9.80 Å². The number of rotatable bonds is 4. The highest BCUT2D eigenvalue weighted by molar-refractivity contribution is 5.51. The van der Waals surface area contributed by atoms with Gasteiger partial charge in [-0.3, -0.25) is 4.90 Å². The van der Waals surface area contributed by atoms with Crippen LogP contribution in [0, 0.1) is 12.7 Å². The third kappa shape index (κ3) is 4.33. The summed E-state index contributed by atoms with van der Waals surface area (Å²) in [4.78, 5) is 16.8. The van der Waals surface area contributed by atoms with E-state index in [1.54, 1.807) is 6.07 Å². The van der Waals surface area contributed by atoms with Crippen LogP contribution in [0.4, 0.5) is 15.9 Å². The molecular weight excluding hydrogens is 405 g/mol. The number of piperidine rings is 1. The first-order valence-electron chi connectivity index (χ1n) is 12.0. The minimum Gasteiger partial charge on any atom is -0.378 e. The average Bonchev–Trinajstić information content (AvgIpc) is 2.81. The van der Waals surface area contributed by atoms with Crippen LogP contribution in [0.15, 0.2) is 18.2 Å². The number of likely N-dealkylation sites (tertiary alicyclic amines) is 1. The lowest BCUT2D eigenvalue weighted by molar-refractivity contribution is 0.122. The van der Waals surface area contributed by atoms with Crippen LogP contribution in [0.25, 0.3) is 0 Å². The molecule has 0 aliphatic carbocycles. The Bertz CT molecular complexity index is 962. The van der Waals surface area contributed by atoms with Gasteiger partial charge in [-0.1, -0.05) is 12.5 Å². The Balaban J connectivity index is 1.37. The number of hydrogen-bond donors (Lipinski definition) is 0. The Labute approximate surface area is 190 Å². The van der Waals surface area contributed by atoms with Gasteiger partial charge in [0, 0.05) is 44.5 Å². The normalized spacial score (nSPS) is 22.2. The zero-order valence-corrected chi connectivity index (χ0v) is 19.3. The highest BCUT2D eigenvalue weighted by atomic mass is 19.1. The number of anilines is 2. The first-order chi connectivity index (χ1) is 15.6. The summed E-state index contributed by atoms with van der Waals surface area (Å²) in [6.07, 6.45) is 5.62. The fourth-order valence-electron chi connectivity index (χ4n) is 5.38. The molecule has 2 fully saturated rings. The molecule has 0 unspecified atom stereocenters. The summed E-state index contributed by atoms with van der Waals surface area (Å²) < 4.78 is 20.4. The molecule has 32 heavy (non-hydrogen) atoms. The monoisotopic (exact) mass is 439 g/mol. The summed E-state index contributed by atoms with van der Waals surface area (Å²) in [6.45, 7) is 7.69. The number of hydrogen-bond acceptors (Lipinski definition) is 6. The smallest absolute Gasteiger partial charge is 0.148 e. The number of benzene rings is 1. The van der Waals surface area contributed by atoms with Crippen molar-refractivity contribution in [1.82, 2.24) is 14.9 Å². The van der Waals surface area contributed by atoms with Crippen molar-refractivity contribution in [2.45, 2.75) is 51.6 Å². The van der Waals surface area contributed by atoms with Gasteiger partial charge in [0.2, 0.25) is 0 Å². The van der Waals surface area contributed by atoms with Gasteiger partial charge in [-0.25, -0.2) is 14.4 Å². The molecule has 2 saturated heterocycles. The second kappa shape index (κ2) is 9.32. The van der Waals surface area contributed by atoms with E-state index in [9.17, 15) is 4.39 Å². The van der Waals surface area contributed by atoms with Crippen LogP contribution >= 0.6 is 0 Å². The standard InChI is InChI=1S/C25H34FN5O/c1-18-20-6-5-10-29(2)25(20)28-24(27-18)23-7-3-4-11-31(23)17-19-8-9-22(21(26)16-19)30-12-14-32-15-13-30/h8-9,16,23H,3-7,10-15,17H2,1-2H3/t23-/m1/s1. The van der Waals surface area contributed by atoms with Crippen molar-refractivity contribution in [2.24, 2.45) is 0 Å². The molecule has 2 aromatic rings. The molecule has 172 valence electrons. The number of nitrogens with zero attached hydrogens (tertiary/aromatic N) is 5. The fourth-order valence-corrected chi connectivity index (χ4v) is 5.38. The molecular formula is C25H34FN5O. The zero-order valence-electron chi connectivity index (χ0n) is 19.3. The average molecular weight is 440 g/mol. The number of morpholine rings is 1. The van der Waals surface area contributed by atoms with Gasteiger partial charge in [0.25, 0.3) is 0 Å². The van der Waals surface area contributed by atoms with Crippen LogP contribution in [0.1, 0.15) is 54.4 Å². The van der Waals surface area contributed by atoms with Crippen LogP contribution in [0.5, 0.6) is 0 Å². The molecule has 0 amide bonds. The molecule has 6 nitrogen and oxygen atoms in total. The molecule has 0 spiro atoms. The van der Waals surface area contributed by atoms with Gasteiger partial charge in [-0.2, -0.15) is 0 Å². The van der Waals surface area contributed by atoms with Crippen molar-refractivity contribution in [1.29, 1.82) is 0 Å². The quantitative estimate of drug-likeness (QED) is 0.721. The predicted octanol–water partition coefficient (Wildman–Crippen LogP) is 3.87. The van der Waals surface area contributed by atoms with E-state index in [1.165, 1.54) is 12.0 Å². The van der Waals surface area contributed by atoms with Crippen molar-refractivity contribution in [3.8, 4) is 0 Å².